The molecule has 2 atom stereocenters. The molecule has 1 saturated carbocycles. The van der Waals surface area contributed by atoms with Crippen LogP contribution in [0, 0.1) is 5.92 Å². The molecule has 0 saturated heterocycles. The van der Waals surface area contributed by atoms with E-state index in [1.54, 1.807) is 0 Å². The minimum Gasteiger partial charge on any atom is -0.481 e. The van der Waals surface area contributed by atoms with Gasteiger partial charge in [0.15, 0.2) is 0 Å². The molecule has 1 aliphatic rings. The number of benzene rings is 1. The van der Waals surface area contributed by atoms with E-state index in [1.807, 2.05) is 18.2 Å². The van der Waals surface area contributed by atoms with Gasteiger partial charge in [-0.1, -0.05) is 39.0 Å². The Morgan fingerprint density at radius 1 is 1.28 bits per heavy atom. The Hall–Kier alpha value is -1.51. The first kappa shape index (κ1) is 12.9. The van der Waals surface area contributed by atoms with Crippen LogP contribution in [0.5, 0.6) is 0 Å². The van der Waals surface area contributed by atoms with Crippen LogP contribution >= 0.6 is 0 Å². The van der Waals surface area contributed by atoms with E-state index in [2.05, 4.69) is 32.2 Å². The van der Waals surface area contributed by atoms with Crippen molar-refractivity contribution in [2.45, 2.75) is 45.1 Å². The third kappa shape index (κ3) is 2.50. The third-order valence-electron chi connectivity index (χ3n) is 3.67. The molecule has 1 fully saturated rings. The fourth-order valence-corrected chi connectivity index (χ4v) is 2.43. The molecule has 3 heteroatoms. The highest BCUT2D eigenvalue weighted by atomic mass is 16.4. The van der Waals surface area contributed by atoms with Gasteiger partial charge in [0.05, 0.1) is 5.92 Å². The lowest BCUT2D eigenvalue weighted by Crippen LogP contribution is -2.43. The highest BCUT2D eigenvalue weighted by Crippen LogP contribution is 2.35. The Balaban J connectivity index is 2.17. The Bertz CT molecular complexity index is 448. The van der Waals surface area contributed by atoms with Crippen molar-refractivity contribution in [3.63, 3.8) is 0 Å². The number of carboxylic acid groups (broad SMARTS) is 1. The molecule has 1 aromatic carbocycles. The lowest BCUT2D eigenvalue weighted by molar-refractivity contribution is -0.144. The number of nitrogens with one attached hydrogen (secondary N) is 1. The second-order valence-electron chi connectivity index (χ2n) is 6.07. The average molecular weight is 247 g/mol. The van der Waals surface area contributed by atoms with E-state index in [-0.39, 0.29) is 17.4 Å². The number of carbonyl (C=O) groups is 1. The monoisotopic (exact) mass is 247 g/mol. The van der Waals surface area contributed by atoms with Gasteiger partial charge >= 0.3 is 5.97 Å². The lowest BCUT2D eigenvalue weighted by Gasteiger charge is -2.36. The molecule has 0 aromatic heterocycles. The second-order valence-corrected chi connectivity index (χ2v) is 6.07. The van der Waals surface area contributed by atoms with Crippen molar-refractivity contribution in [3.05, 3.63) is 29.8 Å². The summed E-state index contributed by atoms with van der Waals surface area (Å²) in [7, 11) is 0. The average Bonchev–Trinajstić information content (AvgIpc) is 2.22. The SMILES string of the molecule is CC(C)(C)c1ccccc1NC1CCC1C(=O)O. The van der Waals surface area contributed by atoms with Crippen molar-refractivity contribution in [3.8, 4) is 0 Å². The van der Waals surface area contributed by atoms with E-state index in [4.69, 9.17) is 5.11 Å². The number of rotatable bonds is 3. The largest absolute Gasteiger partial charge is 0.481 e. The number of aliphatic carboxylic acids is 1. The van der Waals surface area contributed by atoms with Gasteiger partial charge in [0, 0.05) is 11.7 Å². The van der Waals surface area contributed by atoms with Crippen LogP contribution < -0.4 is 5.32 Å². The van der Waals surface area contributed by atoms with Crippen molar-refractivity contribution in [2.75, 3.05) is 5.32 Å². The molecule has 1 aromatic rings. The molecule has 98 valence electrons. The molecule has 2 rings (SSSR count). The normalized spacial score (nSPS) is 23.3. The van der Waals surface area contributed by atoms with Crippen LogP contribution in [0.1, 0.15) is 39.2 Å². The summed E-state index contributed by atoms with van der Waals surface area (Å²) in [5.41, 5.74) is 2.37. The number of hydrogen-bond donors (Lipinski definition) is 2. The van der Waals surface area contributed by atoms with Gasteiger partial charge in [-0.2, -0.15) is 0 Å². The van der Waals surface area contributed by atoms with Gasteiger partial charge in [0.2, 0.25) is 0 Å². The molecule has 2 unspecified atom stereocenters. The number of anilines is 1. The molecule has 1 aliphatic carbocycles. The summed E-state index contributed by atoms with van der Waals surface area (Å²) in [5.74, 6) is -0.926. The smallest absolute Gasteiger partial charge is 0.308 e. The van der Waals surface area contributed by atoms with Gasteiger partial charge < -0.3 is 10.4 Å². The maximum Gasteiger partial charge on any atom is 0.308 e. The first-order chi connectivity index (χ1) is 8.39. The molecule has 0 aliphatic heterocycles. The van der Waals surface area contributed by atoms with Crippen LogP contribution in [-0.4, -0.2) is 17.1 Å². The Kier molecular flexibility index (Phi) is 3.33. The van der Waals surface area contributed by atoms with E-state index in [0.29, 0.717) is 0 Å². The fourth-order valence-electron chi connectivity index (χ4n) is 2.43. The Labute approximate surface area is 108 Å². The zero-order chi connectivity index (χ0) is 13.3. The van der Waals surface area contributed by atoms with Crippen molar-refractivity contribution < 1.29 is 9.90 Å². The van der Waals surface area contributed by atoms with Crippen LogP contribution in [0.2, 0.25) is 0 Å². The highest BCUT2D eigenvalue weighted by Gasteiger charge is 2.37. The van der Waals surface area contributed by atoms with Gasteiger partial charge in [-0.15, -0.1) is 0 Å². The van der Waals surface area contributed by atoms with E-state index in [9.17, 15) is 4.79 Å². The van der Waals surface area contributed by atoms with Crippen LogP contribution in [0.3, 0.4) is 0 Å². The minimum absolute atomic E-state index is 0.0616. The molecule has 2 N–H and O–H groups in total. The Morgan fingerprint density at radius 3 is 2.44 bits per heavy atom. The molecule has 0 bridgehead atoms. The van der Waals surface area contributed by atoms with Crippen molar-refractivity contribution >= 4 is 11.7 Å². The van der Waals surface area contributed by atoms with E-state index in [1.165, 1.54) is 5.56 Å². The van der Waals surface area contributed by atoms with Crippen LogP contribution in [-0.2, 0) is 10.2 Å². The van der Waals surface area contributed by atoms with Gasteiger partial charge in [-0.3, -0.25) is 4.79 Å². The van der Waals surface area contributed by atoms with E-state index in [0.717, 1.165) is 18.5 Å². The Morgan fingerprint density at radius 2 is 1.94 bits per heavy atom. The molecular formula is C15H21NO2. The molecule has 0 radical (unpaired) electrons. The van der Waals surface area contributed by atoms with Crippen LogP contribution in [0.25, 0.3) is 0 Å². The summed E-state index contributed by atoms with van der Waals surface area (Å²) in [5, 5.41) is 12.5. The molecule has 3 nitrogen and oxygen atoms in total. The van der Waals surface area contributed by atoms with Gasteiger partial charge in [0.25, 0.3) is 0 Å². The summed E-state index contributed by atoms with van der Waals surface area (Å²) in [6.07, 6.45) is 1.72. The second kappa shape index (κ2) is 4.63. The van der Waals surface area contributed by atoms with E-state index >= 15 is 0 Å². The zero-order valence-electron chi connectivity index (χ0n) is 11.2. The fraction of sp³-hybridized carbons (Fsp3) is 0.533. The summed E-state index contributed by atoms with van der Waals surface area (Å²) in [4.78, 5) is 11.0. The molecular weight excluding hydrogens is 226 g/mol. The summed E-state index contributed by atoms with van der Waals surface area (Å²) < 4.78 is 0. The maximum absolute atomic E-state index is 11.0. The molecule has 0 spiro atoms. The van der Waals surface area contributed by atoms with Gasteiger partial charge in [0.1, 0.15) is 0 Å². The standard InChI is InChI=1S/C15H21NO2/c1-15(2,3)11-6-4-5-7-13(11)16-12-9-8-10(12)14(17)18/h4-7,10,12,16H,8-9H2,1-3H3,(H,17,18). The molecule has 0 heterocycles. The van der Waals surface area contributed by atoms with Crippen LogP contribution in [0.4, 0.5) is 5.69 Å². The number of para-hydroxylation sites is 1. The zero-order valence-corrected chi connectivity index (χ0v) is 11.2. The summed E-state index contributed by atoms with van der Waals surface area (Å²) >= 11 is 0. The van der Waals surface area contributed by atoms with Crippen molar-refractivity contribution in [1.82, 2.24) is 0 Å². The molecule has 18 heavy (non-hydrogen) atoms. The molecule has 0 amide bonds. The summed E-state index contributed by atoms with van der Waals surface area (Å²) in [6.45, 7) is 6.51. The number of carboxylic acids is 1. The predicted molar refractivity (Wildman–Crippen MR) is 72.9 cm³/mol. The quantitative estimate of drug-likeness (QED) is 0.862. The van der Waals surface area contributed by atoms with Gasteiger partial charge in [-0.25, -0.2) is 0 Å². The lowest BCUT2D eigenvalue weighted by atomic mass is 9.78. The topological polar surface area (TPSA) is 49.3 Å². The first-order valence-electron chi connectivity index (χ1n) is 6.48. The number of hydrogen-bond acceptors (Lipinski definition) is 2. The minimum atomic E-state index is -0.688. The van der Waals surface area contributed by atoms with Crippen molar-refractivity contribution in [2.24, 2.45) is 5.92 Å². The third-order valence-corrected chi connectivity index (χ3v) is 3.67. The van der Waals surface area contributed by atoms with E-state index < -0.39 is 5.97 Å². The van der Waals surface area contributed by atoms with Crippen molar-refractivity contribution in [1.29, 1.82) is 0 Å². The first-order valence-corrected chi connectivity index (χ1v) is 6.48. The maximum atomic E-state index is 11.0. The highest BCUT2D eigenvalue weighted by molar-refractivity contribution is 5.73. The predicted octanol–water partition coefficient (Wildman–Crippen LogP) is 3.26. The van der Waals surface area contributed by atoms with Gasteiger partial charge in [-0.05, 0) is 29.9 Å². The summed E-state index contributed by atoms with van der Waals surface area (Å²) in [6, 6.07) is 8.24. The van der Waals surface area contributed by atoms with Crippen LogP contribution in [0.15, 0.2) is 24.3 Å².